The van der Waals surface area contributed by atoms with Crippen molar-refractivity contribution < 1.29 is 22.6 Å². The molecule has 0 radical (unpaired) electrons. The average molecular weight is 334 g/mol. The van der Waals surface area contributed by atoms with E-state index in [0.29, 0.717) is 16.6 Å². The number of amides is 1. The largest absolute Gasteiger partial charge is 0.416 e. The molecule has 1 aromatic heterocycles. The van der Waals surface area contributed by atoms with Gasteiger partial charge in [0, 0.05) is 5.56 Å². The van der Waals surface area contributed by atoms with Gasteiger partial charge in [0.05, 0.1) is 11.8 Å². The van der Waals surface area contributed by atoms with Crippen LogP contribution in [0, 0.1) is 0 Å². The van der Waals surface area contributed by atoms with Crippen molar-refractivity contribution in [3.63, 3.8) is 0 Å². The maximum absolute atomic E-state index is 12.5. The molecule has 0 saturated heterocycles. The molecular weight excluding hydrogens is 325 g/mol. The van der Waals surface area contributed by atoms with Gasteiger partial charge in [-0.25, -0.2) is 10.1 Å². The number of nitrogens with one attached hydrogen (secondary N) is 1. The third-order valence-corrected chi connectivity index (χ3v) is 3.13. The predicted octanol–water partition coefficient (Wildman–Crippen LogP) is 3.01. The first kappa shape index (κ1) is 15.7. The zero-order chi connectivity index (χ0) is 17.2. The van der Waals surface area contributed by atoms with Gasteiger partial charge in [-0.1, -0.05) is 6.07 Å². The minimum Gasteiger partial charge on any atom is -0.267 e. The zero-order valence-electron chi connectivity index (χ0n) is 11.9. The molecule has 9 heteroatoms. The lowest BCUT2D eigenvalue weighted by molar-refractivity contribution is -0.137. The molecule has 0 fully saturated rings. The van der Waals surface area contributed by atoms with Gasteiger partial charge in [-0.05, 0) is 52.3 Å². The average Bonchev–Trinajstić information content (AvgIpc) is 3.02. The molecule has 6 nitrogen and oxygen atoms in total. The number of hydrogen-bond acceptors (Lipinski definition) is 5. The first-order valence-electron chi connectivity index (χ1n) is 6.66. The van der Waals surface area contributed by atoms with E-state index in [9.17, 15) is 18.0 Å². The molecule has 0 aliphatic carbocycles. The number of aromatic nitrogens is 2. The number of hydrogen-bond donors (Lipinski definition) is 1. The maximum atomic E-state index is 12.5. The molecule has 1 amide bonds. The van der Waals surface area contributed by atoms with Crippen molar-refractivity contribution in [2.24, 2.45) is 5.10 Å². The number of alkyl halides is 3. The van der Waals surface area contributed by atoms with E-state index in [1.54, 1.807) is 18.2 Å². The Kier molecular flexibility index (Phi) is 3.98. The van der Waals surface area contributed by atoms with Crippen LogP contribution in [0.5, 0.6) is 0 Å². The van der Waals surface area contributed by atoms with E-state index >= 15 is 0 Å². The van der Waals surface area contributed by atoms with Crippen LogP contribution in [0.2, 0.25) is 0 Å². The zero-order valence-corrected chi connectivity index (χ0v) is 11.9. The second kappa shape index (κ2) is 6.11. The lowest BCUT2D eigenvalue weighted by atomic mass is 10.1. The molecule has 0 atom stereocenters. The van der Waals surface area contributed by atoms with Crippen molar-refractivity contribution in [3.05, 3.63) is 59.2 Å². The summed E-state index contributed by atoms with van der Waals surface area (Å²) in [6, 6.07) is 8.86. The van der Waals surface area contributed by atoms with Crippen LogP contribution in [0.15, 0.2) is 52.2 Å². The monoisotopic (exact) mass is 334 g/mol. The van der Waals surface area contributed by atoms with E-state index in [1.807, 2.05) is 0 Å². The summed E-state index contributed by atoms with van der Waals surface area (Å²) in [5.41, 5.74) is 3.24. The van der Waals surface area contributed by atoms with Gasteiger partial charge >= 0.3 is 6.18 Å². The Morgan fingerprint density at radius 1 is 1.08 bits per heavy atom. The second-order valence-corrected chi connectivity index (χ2v) is 4.79. The number of benzene rings is 2. The summed E-state index contributed by atoms with van der Waals surface area (Å²) in [6.07, 6.45) is -3.07. The molecule has 2 aromatic carbocycles. The number of carbonyl (C=O) groups is 1. The highest BCUT2D eigenvalue weighted by Gasteiger charge is 2.30. The normalized spacial score (nSPS) is 12.0. The Bertz CT molecular complexity index is 901. The minimum atomic E-state index is -4.44. The molecule has 0 bridgehead atoms. The molecule has 0 aliphatic heterocycles. The molecule has 122 valence electrons. The van der Waals surface area contributed by atoms with Crippen molar-refractivity contribution in [2.75, 3.05) is 0 Å². The van der Waals surface area contributed by atoms with E-state index in [4.69, 9.17) is 0 Å². The summed E-state index contributed by atoms with van der Waals surface area (Å²) in [7, 11) is 0. The van der Waals surface area contributed by atoms with Gasteiger partial charge in [0.25, 0.3) is 5.91 Å². The molecule has 24 heavy (non-hydrogen) atoms. The van der Waals surface area contributed by atoms with E-state index in [2.05, 4.69) is 25.5 Å². The van der Waals surface area contributed by atoms with E-state index in [-0.39, 0.29) is 5.56 Å². The smallest absolute Gasteiger partial charge is 0.267 e. The number of hydrazone groups is 1. The number of carbonyl (C=O) groups excluding carboxylic acids is 1. The fourth-order valence-electron chi connectivity index (χ4n) is 1.92. The van der Waals surface area contributed by atoms with Crippen molar-refractivity contribution in [1.82, 2.24) is 15.7 Å². The van der Waals surface area contributed by atoms with E-state index in [0.717, 1.165) is 24.3 Å². The van der Waals surface area contributed by atoms with Gasteiger partial charge in [0.1, 0.15) is 11.0 Å². The molecule has 3 aromatic rings. The molecular formula is C15H9F3N4O2. The first-order chi connectivity index (χ1) is 11.4. The highest BCUT2D eigenvalue weighted by Crippen LogP contribution is 2.29. The topological polar surface area (TPSA) is 80.4 Å². The molecule has 0 saturated carbocycles. The van der Waals surface area contributed by atoms with E-state index < -0.39 is 17.6 Å². The van der Waals surface area contributed by atoms with Crippen LogP contribution >= 0.6 is 0 Å². The maximum Gasteiger partial charge on any atom is 0.416 e. The lowest BCUT2D eigenvalue weighted by Gasteiger charge is -2.06. The first-order valence-corrected chi connectivity index (χ1v) is 6.66. The fourth-order valence-corrected chi connectivity index (χ4v) is 1.92. The summed E-state index contributed by atoms with van der Waals surface area (Å²) in [5, 5.41) is 11.1. The number of fused-ring (bicyclic) bond motifs is 1. The molecule has 3 rings (SSSR count). The van der Waals surface area contributed by atoms with Crippen molar-refractivity contribution >= 4 is 23.2 Å². The van der Waals surface area contributed by atoms with Crippen LogP contribution in [0.3, 0.4) is 0 Å². The minimum absolute atomic E-state index is 0.0660. The number of rotatable bonds is 3. The Morgan fingerprint density at radius 3 is 2.50 bits per heavy atom. The van der Waals surface area contributed by atoms with Crippen LogP contribution in [0.4, 0.5) is 13.2 Å². The number of nitrogens with zero attached hydrogens (tertiary/aromatic N) is 3. The van der Waals surface area contributed by atoms with Gasteiger partial charge in [-0.15, -0.1) is 0 Å². The second-order valence-electron chi connectivity index (χ2n) is 4.79. The Hall–Kier alpha value is -3.23. The highest BCUT2D eigenvalue weighted by molar-refractivity contribution is 5.95. The van der Waals surface area contributed by atoms with Gasteiger partial charge in [-0.2, -0.15) is 18.3 Å². The highest BCUT2D eigenvalue weighted by atomic mass is 19.4. The van der Waals surface area contributed by atoms with Gasteiger partial charge in [-0.3, -0.25) is 4.79 Å². The molecule has 0 spiro atoms. The van der Waals surface area contributed by atoms with Gasteiger partial charge in [0.15, 0.2) is 0 Å². The summed E-state index contributed by atoms with van der Waals surface area (Å²) < 4.78 is 41.9. The van der Waals surface area contributed by atoms with Crippen LogP contribution in [0.1, 0.15) is 21.5 Å². The third kappa shape index (κ3) is 3.40. The Morgan fingerprint density at radius 2 is 1.79 bits per heavy atom. The van der Waals surface area contributed by atoms with Crippen LogP contribution < -0.4 is 5.43 Å². The summed E-state index contributed by atoms with van der Waals surface area (Å²) in [5.74, 6) is -0.621. The summed E-state index contributed by atoms with van der Waals surface area (Å²) >= 11 is 0. The van der Waals surface area contributed by atoms with Crippen LogP contribution in [0.25, 0.3) is 11.0 Å². The molecule has 1 heterocycles. The third-order valence-electron chi connectivity index (χ3n) is 3.13. The fraction of sp³-hybridized carbons (Fsp3) is 0.0667. The summed E-state index contributed by atoms with van der Waals surface area (Å²) in [4.78, 5) is 11.8. The van der Waals surface area contributed by atoms with Gasteiger partial charge < -0.3 is 0 Å². The van der Waals surface area contributed by atoms with Crippen LogP contribution in [-0.2, 0) is 6.18 Å². The SMILES string of the molecule is O=C(N/N=C\c1ccc2nonc2c1)c1ccc(C(F)(F)F)cc1. The lowest BCUT2D eigenvalue weighted by Crippen LogP contribution is -2.18. The predicted molar refractivity (Wildman–Crippen MR) is 78.3 cm³/mol. The quantitative estimate of drug-likeness (QED) is 0.590. The van der Waals surface area contributed by atoms with Crippen molar-refractivity contribution in [1.29, 1.82) is 0 Å². The van der Waals surface area contributed by atoms with Gasteiger partial charge in [0.2, 0.25) is 0 Å². The van der Waals surface area contributed by atoms with E-state index in [1.165, 1.54) is 6.21 Å². The Balaban J connectivity index is 1.66. The summed E-state index contributed by atoms with van der Waals surface area (Å²) in [6.45, 7) is 0. The standard InChI is InChI=1S/C15H9F3N4O2/c16-15(17,18)11-4-2-10(3-5-11)14(23)20-19-8-9-1-6-12-13(7-9)22-24-21-12/h1-8H,(H,20,23)/b19-8-. The molecule has 0 unspecified atom stereocenters. The Labute approximate surface area is 132 Å². The molecule has 1 N–H and O–H groups in total. The van der Waals surface area contributed by atoms with Crippen LogP contribution in [-0.4, -0.2) is 22.4 Å². The number of halogens is 3. The van der Waals surface area contributed by atoms with Crippen molar-refractivity contribution in [3.8, 4) is 0 Å². The van der Waals surface area contributed by atoms with Crippen molar-refractivity contribution in [2.45, 2.75) is 6.18 Å². The molecule has 0 aliphatic rings.